The van der Waals surface area contributed by atoms with Crippen molar-refractivity contribution >= 4 is 11.7 Å². The summed E-state index contributed by atoms with van der Waals surface area (Å²) >= 11 is 0. The maximum atomic E-state index is 12.2. The lowest BCUT2D eigenvalue weighted by Gasteiger charge is -2.36. The van der Waals surface area contributed by atoms with Gasteiger partial charge in [-0.15, -0.1) is 0 Å². The van der Waals surface area contributed by atoms with E-state index in [-0.39, 0.29) is 17.5 Å². The zero-order valence-electron chi connectivity index (χ0n) is 14.3. The first-order chi connectivity index (χ1) is 11.8. The molecule has 0 aromatic carbocycles. The molecule has 1 aromatic heterocycles. The van der Waals surface area contributed by atoms with E-state index in [4.69, 9.17) is 4.74 Å². The van der Waals surface area contributed by atoms with Crippen molar-refractivity contribution in [1.29, 1.82) is 0 Å². The van der Waals surface area contributed by atoms with Crippen LogP contribution in [0.2, 0.25) is 0 Å². The van der Waals surface area contributed by atoms with Gasteiger partial charge in [-0.3, -0.25) is 14.7 Å². The van der Waals surface area contributed by atoms with Crippen LogP contribution in [0.1, 0.15) is 38.5 Å². The Labute approximate surface area is 144 Å². The van der Waals surface area contributed by atoms with Gasteiger partial charge in [-0.2, -0.15) is 0 Å². The van der Waals surface area contributed by atoms with Crippen LogP contribution in [0.25, 0.3) is 0 Å². The fraction of sp³-hybridized carbons (Fsp3) is 0.684. The molecule has 1 aromatic rings. The average Bonchev–Trinajstić information content (AvgIpc) is 3.22. The molecule has 24 heavy (non-hydrogen) atoms. The van der Waals surface area contributed by atoms with E-state index in [0.29, 0.717) is 0 Å². The molecule has 2 aliphatic heterocycles. The maximum Gasteiger partial charge on any atom is 0.312 e. The summed E-state index contributed by atoms with van der Waals surface area (Å²) in [4.78, 5) is 21.2. The van der Waals surface area contributed by atoms with Gasteiger partial charge in [0.25, 0.3) is 0 Å². The lowest BCUT2D eigenvalue weighted by atomic mass is 9.83. The molecule has 1 atom stereocenters. The van der Waals surface area contributed by atoms with Gasteiger partial charge in [-0.05, 0) is 31.4 Å². The summed E-state index contributed by atoms with van der Waals surface area (Å²) in [7, 11) is 0. The number of hydrogen-bond donors (Lipinski definition) is 0. The summed E-state index contributed by atoms with van der Waals surface area (Å²) in [5.41, 5.74) is 1.16. The Morgan fingerprint density at radius 2 is 1.83 bits per heavy atom. The van der Waals surface area contributed by atoms with Crippen LogP contribution in [-0.2, 0) is 9.53 Å². The molecule has 1 saturated carbocycles. The lowest BCUT2D eigenvalue weighted by molar-refractivity contribution is -0.148. The number of piperazine rings is 1. The molecule has 0 radical (unpaired) electrons. The molecule has 3 fully saturated rings. The molecule has 2 saturated heterocycles. The van der Waals surface area contributed by atoms with E-state index >= 15 is 0 Å². The van der Waals surface area contributed by atoms with Gasteiger partial charge in [0.05, 0.1) is 5.41 Å². The molecule has 0 N–H and O–H groups in total. The largest absolute Gasteiger partial charge is 0.462 e. The number of carbonyl (C=O) groups excluding carboxylic acids is 1. The van der Waals surface area contributed by atoms with Crippen molar-refractivity contribution in [3.63, 3.8) is 0 Å². The Kier molecular flexibility index (Phi) is 4.44. The number of nitrogens with zero attached hydrogens (tertiary/aromatic N) is 3. The molecule has 1 spiro atoms. The summed E-state index contributed by atoms with van der Waals surface area (Å²) in [6.07, 6.45) is 10.3. The number of aromatic nitrogens is 1. The lowest BCUT2D eigenvalue weighted by Crippen LogP contribution is -2.47. The average molecular weight is 329 g/mol. The molecule has 4 rings (SSSR count). The molecule has 0 bridgehead atoms. The SMILES string of the molecule is O=C1O[C@H](CCN2CCN(c3ccncc3)CC2)CC12CCCC2. The van der Waals surface area contributed by atoms with E-state index in [1.54, 1.807) is 0 Å². The second kappa shape index (κ2) is 6.71. The third-order valence-electron chi connectivity index (χ3n) is 6.05. The molecule has 3 heterocycles. The van der Waals surface area contributed by atoms with E-state index in [1.807, 2.05) is 12.4 Å². The number of pyridine rings is 1. The monoisotopic (exact) mass is 329 g/mol. The van der Waals surface area contributed by atoms with E-state index in [1.165, 1.54) is 18.5 Å². The molecule has 130 valence electrons. The Morgan fingerprint density at radius 3 is 2.54 bits per heavy atom. The van der Waals surface area contributed by atoms with Crippen LogP contribution < -0.4 is 4.90 Å². The van der Waals surface area contributed by atoms with Gasteiger partial charge in [-0.25, -0.2) is 0 Å². The predicted octanol–water partition coefficient (Wildman–Crippen LogP) is 2.47. The second-order valence-electron chi connectivity index (χ2n) is 7.54. The minimum Gasteiger partial charge on any atom is -0.462 e. The van der Waals surface area contributed by atoms with Gasteiger partial charge in [0.2, 0.25) is 0 Å². The van der Waals surface area contributed by atoms with Crippen molar-refractivity contribution in [2.24, 2.45) is 5.41 Å². The first kappa shape index (κ1) is 15.9. The van der Waals surface area contributed by atoms with Crippen LogP contribution >= 0.6 is 0 Å². The van der Waals surface area contributed by atoms with Gasteiger partial charge in [-0.1, -0.05) is 12.8 Å². The van der Waals surface area contributed by atoms with Crippen molar-refractivity contribution in [2.75, 3.05) is 37.6 Å². The van der Waals surface area contributed by atoms with Gasteiger partial charge in [0.15, 0.2) is 0 Å². The zero-order valence-corrected chi connectivity index (χ0v) is 14.3. The number of esters is 1. The van der Waals surface area contributed by atoms with Crippen molar-refractivity contribution in [3.05, 3.63) is 24.5 Å². The first-order valence-electron chi connectivity index (χ1n) is 9.34. The quantitative estimate of drug-likeness (QED) is 0.794. The summed E-state index contributed by atoms with van der Waals surface area (Å²) in [6.45, 7) is 5.30. The Bertz CT molecular complexity index is 563. The highest BCUT2D eigenvalue weighted by molar-refractivity contribution is 5.79. The first-order valence-corrected chi connectivity index (χ1v) is 9.34. The second-order valence-corrected chi connectivity index (χ2v) is 7.54. The molecule has 0 amide bonds. The molecule has 5 nitrogen and oxygen atoms in total. The van der Waals surface area contributed by atoms with Crippen molar-refractivity contribution < 1.29 is 9.53 Å². The number of hydrogen-bond acceptors (Lipinski definition) is 5. The van der Waals surface area contributed by atoms with Gasteiger partial charge < -0.3 is 9.64 Å². The van der Waals surface area contributed by atoms with Gasteiger partial charge >= 0.3 is 5.97 Å². The summed E-state index contributed by atoms with van der Waals surface area (Å²) in [5.74, 6) is 0.0903. The van der Waals surface area contributed by atoms with Crippen LogP contribution in [0.15, 0.2) is 24.5 Å². The standard InChI is InChI=1S/C19H27N3O2/c23-18-19(6-1-2-7-19)15-17(24-18)5-10-21-11-13-22(14-12-21)16-3-8-20-9-4-16/h3-4,8-9,17H,1-2,5-7,10-15H2/t17-/m1/s1. The van der Waals surface area contributed by atoms with Crippen molar-refractivity contribution in [1.82, 2.24) is 9.88 Å². The molecule has 5 heteroatoms. The van der Waals surface area contributed by atoms with Gasteiger partial charge in [0.1, 0.15) is 6.10 Å². The van der Waals surface area contributed by atoms with E-state index in [9.17, 15) is 4.79 Å². The van der Waals surface area contributed by atoms with Crippen molar-refractivity contribution in [2.45, 2.75) is 44.6 Å². The molecule has 3 aliphatic rings. The predicted molar refractivity (Wildman–Crippen MR) is 92.9 cm³/mol. The van der Waals surface area contributed by atoms with Crippen LogP contribution in [0, 0.1) is 5.41 Å². The fourth-order valence-electron chi connectivity index (χ4n) is 4.57. The highest BCUT2D eigenvalue weighted by Gasteiger charge is 2.50. The van der Waals surface area contributed by atoms with Crippen molar-refractivity contribution in [3.8, 4) is 0 Å². The molecular weight excluding hydrogens is 302 g/mol. The minimum atomic E-state index is -0.106. The Morgan fingerprint density at radius 1 is 1.12 bits per heavy atom. The molecular formula is C19H27N3O2. The number of cyclic esters (lactones) is 1. The highest BCUT2D eigenvalue weighted by atomic mass is 16.6. The topological polar surface area (TPSA) is 45.7 Å². The number of anilines is 1. The number of carbonyl (C=O) groups is 1. The van der Waals surface area contributed by atoms with Crippen LogP contribution in [0.4, 0.5) is 5.69 Å². The third-order valence-corrected chi connectivity index (χ3v) is 6.05. The van der Waals surface area contributed by atoms with E-state index in [0.717, 1.165) is 58.4 Å². The number of rotatable bonds is 4. The van der Waals surface area contributed by atoms with Crippen LogP contribution in [-0.4, -0.2) is 54.7 Å². The summed E-state index contributed by atoms with van der Waals surface area (Å²) in [6, 6.07) is 4.16. The molecule has 1 aliphatic carbocycles. The van der Waals surface area contributed by atoms with E-state index in [2.05, 4.69) is 26.9 Å². The zero-order chi connectivity index (χ0) is 16.4. The molecule has 0 unspecified atom stereocenters. The fourth-order valence-corrected chi connectivity index (χ4v) is 4.57. The summed E-state index contributed by atoms with van der Waals surface area (Å²) in [5, 5.41) is 0. The van der Waals surface area contributed by atoms with Crippen LogP contribution in [0.3, 0.4) is 0 Å². The highest BCUT2D eigenvalue weighted by Crippen LogP contribution is 2.48. The number of ether oxygens (including phenoxy) is 1. The Hall–Kier alpha value is -1.62. The Balaban J connectivity index is 1.23. The third kappa shape index (κ3) is 3.14. The smallest absolute Gasteiger partial charge is 0.312 e. The van der Waals surface area contributed by atoms with E-state index < -0.39 is 0 Å². The minimum absolute atomic E-state index is 0.0903. The maximum absolute atomic E-state index is 12.2. The summed E-state index contributed by atoms with van der Waals surface area (Å²) < 4.78 is 5.70. The normalized spacial score (nSPS) is 26.9. The van der Waals surface area contributed by atoms with Gasteiger partial charge in [0, 0.05) is 57.2 Å². The van der Waals surface area contributed by atoms with Crippen LogP contribution in [0.5, 0.6) is 0 Å².